The molecule has 10 nitrogen and oxygen atoms in total. The molecule has 2 aliphatic rings. The number of likely N-dealkylation sites (N-methyl/N-ethyl adjacent to an activating group) is 2. The molecule has 4 rings (SSSR count). The molecule has 1 saturated heterocycles. The van der Waals surface area contributed by atoms with Crippen molar-refractivity contribution in [2.75, 3.05) is 39.0 Å². The summed E-state index contributed by atoms with van der Waals surface area (Å²) in [7, 11) is 3.59. The van der Waals surface area contributed by atoms with Crippen molar-refractivity contribution >= 4 is 17.6 Å². The molecule has 216 valence electrons. The lowest BCUT2D eigenvalue weighted by Gasteiger charge is -2.28. The molecule has 1 atom stereocenters. The molecule has 0 unspecified atom stereocenters. The molecule has 0 saturated carbocycles. The molecule has 10 heteroatoms. The van der Waals surface area contributed by atoms with Gasteiger partial charge in [-0.2, -0.15) is 5.10 Å². The second kappa shape index (κ2) is 12.3. The quantitative estimate of drug-likeness (QED) is 0.160. The Bertz CT molecular complexity index is 1260. The van der Waals surface area contributed by atoms with Gasteiger partial charge in [-0.1, -0.05) is 39.5 Å². The van der Waals surface area contributed by atoms with Crippen LogP contribution in [-0.2, 0) is 23.3 Å². The number of fused-ring (bicyclic) bond motifs is 1. The summed E-state index contributed by atoms with van der Waals surface area (Å²) in [6.45, 7) is 14.7. The summed E-state index contributed by atoms with van der Waals surface area (Å²) in [5, 5.41) is 12.1. The largest absolute Gasteiger partial charge is 0.370 e. The topological polar surface area (TPSA) is 112 Å². The molecule has 4 N–H and O–H groups in total. The Balaban J connectivity index is 1.46. The van der Waals surface area contributed by atoms with E-state index >= 15 is 0 Å². The molecule has 3 heterocycles. The average molecular weight is 549 g/mol. The first-order chi connectivity index (χ1) is 18.9. The molecule has 2 aliphatic heterocycles. The number of rotatable bonds is 7. The Kier molecular flexibility index (Phi) is 9.00. The Morgan fingerprint density at radius 2 is 1.88 bits per heavy atom. The first-order valence-corrected chi connectivity index (χ1v) is 14.0. The van der Waals surface area contributed by atoms with E-state index in [9.17, 15) is 9.59 Å². The molecule has 0 bridgehead atoms. The average Bonchev–Trinajstić information content (AvgIpc) is 3.14. The molecule has 1 aromatic heterocycles. The van der Waals surface area contributed by atoms with Crippen LogP contribution < -0.4 is 16.5 Å². The van der Waals surface area contributed by atoms with E-state index in [-0.39, 0.29) is 23.3 Å². The van der Waals surface area contributed by atoms with Crippen molar-refractivity contribution in [2.24, 2.45) is 5.84 Å². The number of hydrogen-bond acceptors (Lipinski definition) is 7. The SMILES string of the molecule is C=C(/C=C(/Nc1cc2n(n1)CCN(C)C2)C(=O)N(C)N)N1CCCC[C@@H](NC(=O)c2ccc(C(C)(C)C)cc2)C1. The monoisotopic (exact) mass is 548 g/mol. The minimum Gasteiger partial charge on any atom is -0.370 e. The van der Waals surface area contributed by atoms with E-state index in [1.807, 2.05) is 35.0 Å². The lowest BCUT2D eigenvalue weighted by molar-refractivity contribution is -0.125. The number of hydrazine groups is 1. The smallest absolute Gasteiger partial charge is 0.284 e. The van der Waals surface area contributed by atoms with Crippen molar-refractivity contribution in [3.05, 3.63) is 71.2 Å². The minimum absolute atomic E-state index is 0.0340. The third kappa shape index (κ3) is 7.31. The zero-order valence-corrected chi connectivity index (χ0v) is 24.5. The summed E-state index contributed by atoms with van der Waals surface area (Å²) in [6.07, 6.45) is 4.56. The van der Waals surface area contributed by atoms with Crippen LogP contribution in [0, 0.1) is 0 Å². The first kappa shape index (κ1) is 29.4. The third-order valence-electron chi connectivity index (χ3n) is 7.54. The number of carbonyl (C=O) groups is 2. The number of carbonyl (C=O) groups excluding carboxylic acids is 2. The Morgan fingerprint density at radius 1 is 1.15 bits per heavy atom. The predicted octanol–water partition coefficient (Wildman–Crippen LogP) is 3.05. The zero-order valence-electron chi connectivity index (χ0n) is 24.5. The van der Waals surface area contributed by atoms with E-state index in [0.717, 1.165) is 56.1 Å². The summed E-state index contributed by atoms with van der Waals surface area (Å²) in [6, 6.07) is 9.76. The molecular formula is C30H44N8O2. The normalized spacial score (nSPS) is 18.5. The van der Waals surface area contributed by atoms with Crippen molar-refractivity contribution in [1.29, 1.82) is 0 Å². The Hall–Kier alpha value is -3.63. The van der Waals surface area contributed by atoms with Gasteiger partial charge in [-0.15, -0.1) is 0 Å². The fraction of sp³-hybridized carbons (Fsp3) is 0.500. The molecule has 2 amide bonds. The molecule has 1 aromatic carbocycles. The van der Waals surface area contributed by atoms with Gasteiger partial charge in [-0.25, -0.2) is 5.84 Å². The van der Waals surface area contributed by atoms with Crippen LogP contribution in [0.3, 0.4) is 0 Å². The van der Waals surface area contributed by atoms with Crippen LogP contribution in [-0.4, -0.2) is 76.2 Å². The van der Waals surface area contributed by atoms with Gasteiger partial charge >= 0.3 is 0 Å². The Labute approximate surface area is 237 Å². The summed E-state index contributed by atoms with van der Waals surface area (Å²) < 4.78 is 1.96. The summed E-state index contributed by atoms with van der Waals surface area (Å²) >= 11 is 0. The van der Waals surface area contributed by atoms with Crippen LogP contribution in [0.1, 0.15) is 61.6 Å². The van der Waals surface area contributed by atoms with Gasteiger partial charge in [0.05, 0.1) is 12.2 Å². The van der Waals surface area contributed by atoms with Crippen LogP contribution in [0.2, 0.25) is 0 Å². The van der Waals surface area contributed by atoms with Crippen molar-refractivity contribution in [3.63, 3.8) is 0 Å². The van der Waals surface area contributed by atoms with Crippen molar-refractivity contribution in [3.8, 4) is 0 Å². The van der Waals surface area contributed by atoms with Crippen molar-refractivity contribution in [1.82, 2.24) is 29.9 Å². The van der Waals surface area contributed by atoms with Crippen LogP contribution in [0.15, 0.2) is 54.4 Å². The van der Waals surface area contributed by atoms with Crippen LogP contribution >= 0.6 is 0 Å². The van der Waals surface area contributed by atoms with Gasteiger partial charge in [0.15, 0.2) is 5.82 Å². The van der Waals surface area contributed by atoms with Crippen LogP contribution in [0.25, 0.3) is 0 Å². The molecule has 40 heavy (non-hydrogen) atoms. The van der Waals surface area contributed by atoms with E-state index in [1.54, 1.807) is 6.08 Å². The number of nitrogens with two attached hydrogens (primary N) is 1. The molecule has 1 fully saturated rings. The second-order valence-electron chi connectivity index (χ2n) is 12.0. The number of nitrogens with zero attached hydrogens (tertiary/aromatic N) is 5. The maximum absolute atomic E-state index is 13.1. The predicted molar refractivity (Wildman–Crippen MR) is 158 cm³/mol. The minimum atomic E-state index is -0.373. The summed E-state index contributed by atoms with van der Waals surface area (Å²) in [4.78, 5) is 30.4. The highest BCUT2D eigenvalue weighted by molar-refractivity contribution is 5.96. The maximum Gasteiger partial charge on any atom is 0.284 e. The highest BCUT2D eigenvalue weighted by Crippen LogP contribution is 2.23. The highest BCUT2D eigenvalue weighted by atomic mass is 16.2. The van der Waals surface area contributed by atoms with Gasteiger partial charge in [0.25, 0.3) is 11.8 Å². The lowest BCUT2D eigenvalue weighted by Crippen LogP contribution is -2.42. The third-order valence-corrected chi connectivity index (χ3v) is 7.54. The van der Waals surface area contributed by atoms with Gasteiger partial charge in [0.1, 0.15) is 5.70 Å². The second-order valence-corrected chi connectivity index (χ2v) is 12.0. The lowest BCUT2D eigenvalue weighted by atomic mass is 9.86. The number of aromatic nitrogens is 2. The fourth-order valence-electron chi connectivity index (χ4n) is 5.11. The number of hydrogen-bond donors (Lipinski definition) is 3. The number of nitrogens with one attached hydrogen (secondary N) is 2. The first-order valence-electron chi connectivity index (χ1n) is 14.0. The van der Waals surface area contributed by atoms with Gasteiger partial charge < -0.3 is 15.5 Å². The molecule has 0 aliphatic carbocycles. The molecule has 2 aromatic rings. The summed E-state index contributed by atoms with van der Waals surface area (Å²) in [5.41, 5.74) is 3.94. The van der Waals surface area contributed by atoms with E-state index < -0.39 is 0 Å². The maximum atomic E-state index is 13.1. The van der Waals surface area contributed by atoms with Crippen LogP contribution in [0.4, 0.5) is 5.82 Å². The molecule has 0 spiro atoms. The molecular weight excluding hydrogens is 504 g/mol. The standard InChI is InChI=1S/C30H44N8O2/c1-21(17-26(29(40)36(6)31)33-27-18-25-20-35(5)15-16-38(25)34-27)37-14-8-7-9-24(19-37)32-28(39)22-10-12-23(13-11-22)30(2,3)4/h10-13,17-18,24H,1,7-9,14-16,19-20,31H2,2-6H3,(H,32,39)(H,33,34)/b26-17+/t24-/m1/s1. The van der Waals surface area contributed by atoms with Crippen LogP contribution in [0.5, 0.6) is 0 Å². The number of amides is 2. The van der Waals surface area contributed by atoms with Gasteiger partial charge in [-0.05, 0) is 55.5 Å². The number of allylic oxidation sites excluding steroid dienone is 1. The molecule has 0 radical (unpaired) electrons. The van der Waals surface area contributed by atoms with E-state index in [1.165, 1.54) is 12.6 Å². The van der Waals surface area contributed by atoms with Crippen molar-refractivity contribution in [2.45, 2.75) is 64.6 Å². The number of anilines is 1. The number of likely N-dealkylation sites (tertiary alicyclic amines) is 1. The van der Waals surface area contributed by atoms with E-state index in [0.29, 0.717) is 29.3 Å². The highest BCUT2D eigenvalue weighted by Gasteiger charge is 2.24. The van der Waals surface area contributed by atoms with Gasteiger partial charge in [0, 0.05) is 56.6 Å². The van der Waals surface area contributed by atoms with Gasteiger partial charge in [-0.3, -0.25) is 24.2 Å². The zero-order chi connectivity index (χ0) is 29.0. The fourth-order valence-corrected chi connectivity index (χ4v) is 5.11. The summed E-state index contributed by atoms with van der Waals surface area (Å²) in [5.74, 6) is 5.97. The number of benzene rings is 1. The van der Waals surface area contributed by atoms with E-state index in [4.69, 9.17) is 5.84 Å². The van der Waals surface area contributed by atoms with Crippen molar-refractivity contribution < 1.29 is 9.59 Å². The van der Waals surface area contributed by atoms with E-state index in [2.05, 4.69) is 59.9 Å². The Morgan fingerprint density at radius 3 is 2.55 bits per heavy atom. The van der Waals surface area contributed by atoms with Gasteiger partial charge in [0.2, 0.25) is 0 Å².